The zero-order valence-electron chi connectivity index (χ0n) is 22.5. The van der Waals surface area contributed by atoms with Gasteiger partial charge in [-0.25, -0.2) is 18.4 Å². The molecule has 1 aliphatic carbocycles. The first-order valence-corrected chi connectivity index (χ1v) is 13.0. The van der Waals surface area contributed by atoms with Gasteiger partial charge >= 0.3 is 12.0 Å². The van der Waals surface area contributed by atoms with Gasteiger partial charge in [-0.15, -0.1) is 0 Å². The van der Waals surface area contributed by atoms with Gasteiger partial charge in [-0.05, 0) is 57.7 Å². The quantitative estimate of drug-likeness (QED) is 0.284. The number of ether oxygens (including phenoxy) is 2. The summed E-state index contributed by atoms with van der Waals surface area (Å²) in [6.07, 6.45) is 1.88. The van der Waals surface area contributed by atoms with Crippen molar-refractivity contribution in [3.05, 3.63) is 23.3 Å². The summed E-state index contributed by atoms with van der Waals surface area (Å²) in [5.41, 5.74) is -0.356. The van der Waals surface area contributed by atoms with Crippen LogP contribution in [0.5, 0.6) is 11.5 Å². The molecule has 1 fully saturated rings. The van der Waals surface area contributed by atoms with Gasteiger partial charge in [0.05, 0.1) is 19.3 Å². The Labute approximate surface area is 213 Å². The molecule has 0 aliphatic heterocycles. The smallest absolute Gasteiger partial charge is 0.329 e. The second kappa shape index (κ2) is 12.6. The molecule has 0 aromatic heterocycles. The Hall–Kier alpha value is -2.58. The molecule has 1 aromatic rings. The van der Waals surface area contributed by atoms with Crippen LogP contribution in [-0.2, 0) is 4.79 Å². The van der Waals surface area contributed by atoms with E-state index >= 15 is 0 Å². The van der Waals surface area contributed by atoms with Gasteiger partial charge in [0.15, 0.2) is 5.54 Å². The number of unbranched alkanes of at least 4 members (excludes halogenated alkanes) is 2. The molecule has 36 heavy (non-hydrogen) atoms. The summed E-state index contributed by atoms with van der Waals surface area (Å²) in [5.74, 6) is -2.68. The lowest BCUT2D eigenvalue weighted by atomic mass is 9.73. The first-order chi connectivity index (χ1) is 16.9. The summed E-state index contributed by atoms with van der Waals surface area (Å²) in [4.78, 5) is 26.7. The number of carboxylic acids is 1. The number of urea groups is 1. The van der Waals surface area contributed by atoms with Crippen LogP contribution in [0, 0.1) is 12.8 Å². The molecule has 0 heterocycles. The predicted octanol–water partition coefficient (Wildman–Crippen LogP) is 6.33. The number of hydrogen-bond donors (Lipinski definition) is 2. The van der Waals surface area contributed by atoms with Gasteiger partial charge in [-0.2, -0.15) is 0 Å². The van der Waals surface area contributed by atoms with E-state index in [-0.39, 0.29) is 0 Å². The number of benzene rings is 1. The third kappa shape index (κ3) is 7.46. The van der Waals surface area contributed by atoms with Crippen molar-refractivity contribution in [3.8, 4) is 11.5 Å². The van der Waals surface area contributed by atoms with Crippen molar-refractivity contribution >= 4 is 12.0 Å². The van der Waals surface area contributed by atoms with Crippen LogP contribution in [0.4, 0.5) is 13.6 Å². The minimum atomic E-state index is -3.10. The molecule has 0 unspecified atom stereocenters. The first kappa shape index (κ1) is 29.6. The molecule has 7 nitrogen and oxygen atoms in total. The van der Waals surface area contributed by atoms with Crippen molar-refractivity contribution in [1.82, 2.24) is 10.2 Å². The lowest BCUT2D eigenvalue weighted by Crippen LogP contribution is -2.68. The Kier molecular flexibility index (Phi) is 10.4. The summed E-state index contributed by atoms with van der Waals surface area (Å²) < 4.78 is 38.9. The van der Waals surface area contributed by atoms with Crippen molar-refractivity contribution < 1.29 is 33.0 Å². The molecule has 1 saturated carbocycles. The normalized spacial score (nSPS) is 16.7. The fourth-order valence-corrected chi connectivity index (χ4v) is 4.60. The van der Waals surface area contributed by atoms with Crippen LogP contribution in [0.3, 0.4) is 0 Å². The minimum absolute atomic E-state index is 0.360. The van der Waals surface area contributed by atoms with E-state index in [9.17, 15) is 23.5 Å². The minimum Gasteiger partial charge on any atom is -0.493 e. The van der Waals surface area contributed by atoms with Crippen LogP contribution in [0.25, 0.3) is 0 Å². The molecule has 2 amide bonds. The van der Waals surface area contributed by atoms with Gasteiger partial charge < -0.3 is 24.8 Å². The maximum Gasteiger partial charge on any atom is 0.329 e. The SMILES string of the molecule is CCOc1cc([C@@H](C)N(CCCCCC(C)C)C(=O)NC2(C(=O)O)CC(F)(F)C2)cc(OCC)c1C. The Morgan fingerprint density at radius 2 is 1.61 bits per heavy atom. The molecule has 2 rings (SSSR count). The highest BCUT2D eigenvalue weighted by molar-refractivity contribution is 5.88. The molecule has 0 saturated heterocycles. The number of hydrogen-bond acceptors (Lipinski definition) is 4. The molecular formula is C27H42F2N2O5. The number of amides is 2. The maximum atomic E-state index is 13.6. The topological polar surface area (TPSA) is 88.1 Å². The van der Waals surface area contributed by atoms with Gasteiger partial charge in [0.25, 0.3) is 5.92 Å². The maximum absolute atomic E-state index is 13.6. The van der Waals surface area contributed by atoms with E-state index in [0.29, 0.717) is 43.6 Å². The molecule has 1 atom stereocenters. The molecule has 0 bridgehead atoms. The Morgan fingerprint density at radius 3 is 2.06 bits per heavy atom. The van der Waals surface area contributed by atoms with E-state index in [1.807, 2.05) is 39.8 Å². The summed E-state index contributed by atoms with van der Waals surface area (Å²) in [6, 6.07) is 2.58. The number of nitrogens with one attached hydrogen (secondary N) is 1. The highest BCUT2D eigenvalue weighted by Gasteiger charge is 2.62. The Bertz CT molecular complexity index is 871. The molecule has 2 N–H and O–H groups in total. The molecule has 0 radical (unpaired) electrons. The number of carbonyl (C=O) groups is 2. The summed E-state index contributed by atoms with van der Waals surface area (Å²) in [5, 5.41) is 12.1. The van der Waals surface area contributed by atoms with Gasteiger partial charge in [0.2, 0.25) is 0 Å². The Morgan fingerprint density at radius 1 is 1.06 bits per heavy atom. The van der Waals surface area contributed by atoms with Crippen LogP contribution >= 0.6 is 0 Å². The van der Waals surface area contributed by atoms with E-state index < -0.39 is 42.3 Å². The monoisotopic (exact) mass is 512 g/mol. The highest BCUT2D eigenvalue weighted by Crippen LogP contribution is 2.46. The number of nitrogens with zero attached hydrogens (tertiary/aromatic N) is 1. The van der Waals surface area contributed by atoms with Crippen LogP contribution in [0.2, 0.25) is 0 Å². The zero-order valence-corrected chi connectivity index (χ0v) is 22.5. The predicted molar refractivity (Wildman–Crippen MR) is 135 cm³/mol. The largest absolute Gasteiger partial charge is 0.493 e. The number of carboxylic acid groups (broad SMARTS) is 1. The summed E-state index contributed by atoms with van der Waals surface area (Å²) in [6.45, 7) is 13.1. The van der Waals surface area contributed by atoms with Crippen molar-refractivity contribution in [2.24, 2.45) is 5.92 Å². The molecule has 204 valence electrons. The van der Waals surface area contributed by atoms with E-state index in [1.165, 1.54) is 4.90 Å². The molecule has 0 spiro atoms. The first-order valence-electron chi connectivity index (χ1n) is 13.0. The lowest BCUT2D eigenvalue weighted by Gasteiger charge is -2.45. The number of alkyl halides is 2. The third-order valence-electron chi connectivity index (χ3n) is 6.70. The average Bonchev–Trinajstić information content (AvgIpc) is 2.76. The Balaban J connectivity index is 2.32. The molecule has 1 aromatic carbocycles. The standard InChI is InChI=1S/C27H42F2N2O5/c1-7-35-22-14-21(15-23(19(22)5)36-8-2)20(6)31(13-11-9-10-12-18(3)4)25(34)30-26(24(32)33)16-27(28,29)17-26/h14-15,18,20H,7-13,16-17H2,1-6H3,(H,30,34)(H,32,33)/t20-/m1/s1. The second-order valence-corrected chi connectivity index (χ2v) is 10.1. The van der Waals surface area contributed by atoms with Crippen LogP contribution in [0.15, 0.2) is 12.1 Å². The summed E-state index contributed by atoms with van der Waals surface area (Å²) in [7, 11) is 0. The van der Waals surface area contributed by atoms with Crippen molar-refractivity contribution in [2.45, 2.75) is 97.6 Å². The van der Waals surface area contributed by atoms with Crippen molar-refractivity contribution in [3.63, 3.8) is 0 Å². The second-order valence-electron chi connectivity index (χ2n) is 10.1. The number of halogens is 2. The number of aliphatic carboxylic acids is 1. The van der Waals surface area contributed by atoms with E-state index in [4.69, 9.17) is 9.47 Å². The van der Waals surface area contributed by atoms with Gasteiger partial charge in [-0.1, -0.05) is 33.1 Å². The third-order valence-corrected chi connectivity index (χ3v) is 6.70. The summed E-state index contributed by atoms with van der Waals surface area (Å²) >= 11 is 0. The fourth-order valence-electron chi connectivity index (χ4n) is 4.60. The van der Waals surface area contributed by atoms with E-state index in [1.54, 1.807) is 0 Å². The van der Waals surface area contributed by atoms with Gasteiger partial charge in [0, 0.05) is 24.9 Å². The van der Waals surface area contributed by atoms with Gasteiger partial charge in [0.1, 0.15) is 11.5 Å². The lowest BCUT2D eigenvalue weighted by molar-refractivity contribution is -0.175. The van der Waals surface area contributed by atoms with Crippen molar-refractivity contribution in [1.29, 1.82) is 0 Å². The van der Waals surface area contributed by atoms with Crippen LogP contribution in [-0.4, -0.2) is 53.2 Å². The van der Waals surface area contributed by atoms with Gasteiger partial charge in [-0.3, -0.25) is 0 Å². The molecule has 9 heteroatoms. The van der Waals surface area contributed by atoms with E-state index in [0.717, 1.165) is 30.4 Å². The average molecular weight is 513 g/mol. The molecule has 1 aliphatic rings. The van der Waals surface area contributed by atoms with Crippen molar-refractivity contribution in [2.75, 3.05) is 19.8 Å². The zero-order chi connectivity index (χ0) is 27.1. The fraction of sp³-hybridized carbons (Fsp3) is 0.704. The number of rotatable bonds is 14. The highest BCUT2D eigenvalue weighted by atomic mass is 19.3. The van der Waals surface area contributed by atoms with E-state index in [2.05, 4.69) is 19.2 Å². The number of carbonyl (C=O) groups excluding carboxylic acids is 1. The van der Waals surface area contributed by atoms with Crippen LogP contribution in [0.1, 0.15) is 90.3 Å². The van der Waals surface area contributed by atoms with Crippen LogP contribution < -0.4 is 14.8 Å². The molecular weight excluding hydrogens is 470 g/mol.